The van der Waals surface area contributed by atoms with Crippen molar-refractivity contribution >= 4 is 31.7 Å². The van der Waals surface area contributed by atoms with E-state index in [4.69, 9.17) is 0 Å². The van der Waals surface area contributed by atoms with Crippen LogP contribution in [0.2, 0.25) is 0 Å². The zero-order valence-corrected chi connectivity index (χ0v) is 7.93. The fraction of sp³-hybridized carbons (Fsp3) is 0. The van der Waals surface area contributed by atoms with Crippen LogP contribution in [0.4, 0.5) is 0 Å². The van der Waals surface area contributed by atoms with E-state index in [1.54, 1.807) is 24.3 Å². The molecule has 1 aromatic carbocycles. The topological polar surface area (TPSA) is 66.9 Å². The fourth-order valence-corrected chi connectivity index (χ4v) is 2.54. The number of nitrogens with zero attached hydrogens (tertiary/aromatic N) is 1. The largest absolute Gasteiger partial charge is 0.351 e. The van der Waals surface area contributed by atoms with Crippen LogP contribution in [-0.4, -0.2) is 13.4 Å². The molecule has 1 aromatic heterocycles. The van der Waals surface area contributed by atoms with Crippen LogP contribution in [0, 0.1) is 0 Å². The third-order valence-corrected chi connectivity index (χ3v) is 3.70. The van der Waals surface area contributed by atoms with Gasteiger partial charge in [-0.25, -0.2) is 4.98 Å². The van der Waals surface area contributed by atoms with E-state index in [0.717, 1.165) is 11.3 Å². The van der Waals surface area contributed by atoms with Crippen LogP contribution in [0.3, 0.4) is 0 Å². The number of fused-ring (bicyclic) bond motifs is 1. The van der Waals surface area contributed by atoms with E-state index >= 15 is 0 Å². The average Bonchev–Trinajstić information content (AvgIpc) is 2.45. The maximum atomic E-state index is 10.6. The molecule has 1 radical (unpaired) electrons. The zero-order chi connectivity index (χ0) is 9.47. The number of thiazole rings is 1. The number of benzene rings is 1. The van der Waals surface area contributed by atoms with E-state index in [0.29, 0.717) is 10.2 Å². The van der Waals surface area contributed by atoms with Crippen molar-refractivity contribution in [3.8, 4) is 0 Å². The first-order valence-corrected chi connectivity index (χ1v) is 5.61. The molecule has 4 nitrogen and oxygen atoms in total. The van der Waals surface area contributed by atoms with Crippen LogP contribution in [0.5, 0.6) is 0 Å². The second-order valence-corrected chi connectivity index (χ2v) is 4.99. The van der Waals surface area contributed by atoms with Crippen LogP contribution in [0.25, 0.3) is 10.2 Å². The van der Waals surface area contributed by atoms with Gasteiger partial charge < -0.3 is 0 Å². The molecule has 0 spiro atoms. The Morgan fingerprint density at radius 3 is 2.54 bits per heavy atom. The molecule has 0 aliphatic carbocycles. The molecule has 0 atom stereocenters. The van der Waals surface area contributed by atoms with Gasteiger partial charge in [-0.05, 0) is 12.1 Å². The maximum absolute atomic E-state index is 10.6. The Kier molecular flexibility index (Phi) is 1.83. The first-order valence-electron chi connectivity index (χ1n) is 3.39. The first-order chi connectivity index (χ1) is 6.07. The number of hydrogen-bond acceptors (Lipinski definition) is 4. The summed E-state index contributed by atoms with van der Waals surface area (Å²) in [6, 6.07) is 6.90. The third-order valence-electron chi connectivity index (χ3n) is 1.49. The van der Waals surface area contributed by atoms with Gasteiger partial charge in [0.2, 0.25) is 4.34 Å². The molecule has 0 bridgehead atoms. The van der Waals surface area contributed by atoms with Gasteiger partial charge in [0.05, 0.1) is 10.2 Å². The molecule has 6 heteroatoms. The minimum atomic E-state index is -4.41. The Hall–Kier alpha value is -0.980. The fourth-order valence-electron chi connectivity index (χ4n) is 0.958. The standard InChI is InChI=1S/C7H4NO3S2/c9-13(10,11)7-8-5-3-1-2-4-6(5)12-7/h1-4H. The van der Waals surface area contributed by atoms with Gasteiger partial charge in [0.1, 0.15) is 0 Å². The summed E-state index contributed by atoms with van der Waals surface area (Å²) in [5.41, 5.74) is 0.543. The van der Waals surface area contributed by atoms with E-state index in [-0.39, 0.29) is 4.34 Å². The molecule has 0 N–H and O–H groups in total. The minimum Gasteiger partial charge on any atom is -0.223 e. The van der Waals surface area contributed by atoms with Crippen molar-refractivity contribution in [3.63, 3.8) is 0 Å². The van der Waals surface area contributed by atoms with Gasteiger partial charge >= 0.3 is 10.1 Å². The Balaban J connectivity index is 2.77. The van der Waals surface area contributed by atoms with Crippen LogP contribution in [0.1, 0.15) is 0 Å². The van der Waals surface area contributed by atoms with Crippen molar-refractivity contribution < 1.29 is 13.0 Å². The number of para-hydroxylation sites is 1. The lowest BCUT2D eigenvalue weighted by molar-refractivity contribution is 0.414. The van der Waals surface area contributed by atoms with E-state index in [2.05, 4.69) is 4.98 Å². The van der Waals surface area contributed by atoms with Crippen molar-refractivity contribution in [2.45, 2.75) is 4.34 Å². The van der Waals surface area contributed by atoms with Crippen molar-refractivity contribution in [1.29, 1.82) is 0 Å². The van der Waals surface area contributed by atoms with E-state index < -0.39 is 10.1 Å². The highest BCUT2D eigenvalue weighted by Gasteiger charge is 2.17. The Morgan fingerprint density at radius 2 is 1.92 bits per heavy atom. The van der Waals surface area contributed by atoms with Crippen LogP contribution in [-0.2, 0) is 14.7 Å². The van der Waals surface area contributed by atoms with Crippen LogP contribution >= 0.6 is 11.3 Å². The lowest BCUT2D eigenvalue weighted by atomic mass is 10.3. The highest BCUT2D eigenvalue weighted by Crippen LogP contribution is 2.24. The van der Waals surface area contributed by atoms with Gasteiger partial charge in [0.15, 0.2) is 0 Å². The molecule has 0 saturated heterocycles. The summed E-state index contributed by atoms with van der Waals surface area (Å²) < 4.78 is 32.1. The van der Waals surface area contributed by atoms with Crippen molar-refractivity contribution in [2.75, 3.05) is 0 Å². The molecular weight excluding hydrogens is 210 g/mol. The smallest absolute Gasteiger partial charge is 0.223 e. The molecular formula is C7H4NO3S2. The summed E-state index contributed by atoms with van der Waals surface area (Å²) in [5.74, 6) is 0. The lowest BCUT2D eigenvalue weighted by Crippen LogP contribution is -1.93. The zero-order valence-electron chi connectivity index (χ0n) is 6.30. The SMILES string of the molecule is [O]S(=O)(=O)c1nc2ccccc2s1. The second kappa shape index (κ2) is 2.76. The normalized spacial score (nSPS) is 12.1. The number of hydrogen-bond donors (Lipinski definition) is 0. The number of aromatic nitrogens is 1. The summed E-state index contributed by atoms with van der Waals surface area (Å²) in [7, 11) is -4.41. The minimum absolute atomic E-state index is 0.367. The molecule has 0 unspecified atom stereocenters. The predicted octanol–water partition coefficient (Wildman–Crippen LogP) is 1.42. The average molecular weight is 214 g/mol. The van der Waals surface area contributed by atoms with Crippen molar-refractivity contribution in [3.05, 3.63) is 24.3 Å². The van der Waals surface area contributed by atoms with Crippen molar-refractivity contribution in [1.82, 2.24) is 4.98 Å². The van der Waals surface area contributed by atoms with E-state index in [9.17, 15) is 13.0 Å². The molecule has 0 aliphatic heterocycles. The summed E-state index contributed by atoms with van der Waals surface area (Å²) >= 11 is 0.893. The molecule has 0 fully saturated rings. The Bertz CT molecular complexity index is 511. The summed E-state index contributed by atoms with van der Waals surface area (Å²) in [6.45, 7) is 0. The highest BCUT2D eigenvalue weighted by atomic mass is 32.3. The summed E-state index contributed by atoms with van der Waals surface area (Å²) in [4.78, 5) is 3.70. The highest BCUT2D eigenvalue weighted by molar-refractivity contribution is 7.87. The summed E-state index contributed by atoms with van der Waals surface area (Å²) in [5, 5.41) is 0. The van der Waals surface area contributed by atoms with Crippen molar-refractivity contribution in [2.24, 2.45) is 0 Å². The van der Waals surface area contributed by atoms with Crippen LogP contribution < -0.4 is 0 Å². The maximum Gasteiger partial charge on any atom is 0.351 e. The third kappa shape index (κ3) is 1.55. The Morgan fingerprint density at radius 1 is 1.23 bits per heavy atom. The van der Waals surface area contributed by atoms with Gasteiger partial charge in [0, 0.05) is 0 Å². The van der Waals surface area contributed by atoms with E-state index in [1.807, 2.05) is 0 Å². The lowest BCUT2D eigenvalue weighted by Gasteiger charge is -1.81. The van der Waals surface area contributed by atoms with Gasteiger partial charge in [0.25, 0.3) is 0 Å². The summed E-state index contributed by atoms with van der Waals surface area (Å²) in [6.07, 6.45) is 0. The van der Waals surface area contributed by atoms with Gasteiger partial charge in [-0.2, -0.15) is 8.42 Å². The van der Waals surface area contributed by atoms with Gasteiger partial charge in [-0.15, -0.1) is 11.3 Å². The Labute approximate surface area is 78.6 Å². The molecule has 67 valence electrons. The van der Waals surface area contributed by atoms with Gasteiger partial charge in [-0.3, -0.25) is 0 Å². The molecule has 0 amide bonds. The molecule has 2 aromatic rings. The van der Waals surface area contributed by atoms with Gasteiger partial charge in [-0.1, -0.05) is 16.7 Å². The quantitative estimate of drug-likeness (QED) is 0.720. The second-order valence-electron chi connectivity index (χ2n) is 2.40. The molecule has 0 aliphatic rings. The van der Waals surface area contributed by atoms with E-state index in [1.165, 1.54) is 0 Å². The predicted molar refractivity (Wildman–Crippen MR) is 47.5 cm³/mol. The first kappa shape index (κ1) is 8.61. The molecule has 13 heavy (non-hydrogen) atoms. The molecule has 1 heterocycles. The van der Waals surface area contributed by atoms with Crippen LogP contribution in [0.15, 0.2) is 28.6 Å². The molecule has 0 saturated carbocycles. The monoisotopic (exact) mass is 214 g/mol. The number of rotatable bonds is 1. The molecule has 2 rings (SSSR count).